The standard InChI is InChI=1S/C11H15ClF2N2/c1-7(11(13)14)15-9-6-8(12)4-5-10(9)16(2)3/h4-7,11,15H,1-3H3. The van der Waals surface area contributed by atoms with Gasteiger partial charge in [-0.05, 0) is 25.1 Å². The van der Waals surface area contributed by atoms with Gasteiger partial charge in [-0.25, -0.2) is 8.78 Å². The third kappa shape index (κ3) is 3.23. The molecule has 1 unspecified atom stereocenters. The number of hydrogen-bond donors (Lipinski definition) is 1. The van der Waals surface area contributed by atoms with E-state index in [1.54, 1.807) is 18.2 Å². The van der Waals surface area contributed by atoms with Gasteiger partial charge in [0.05, 0.1) is 17.4 Å². The van der Waals surface area contributed by atoms with Crippen LogP contribution in [-0.4, -0.2) is 26.6 Å². The molecule has 0 amide bonds. The molecule has 0 saturated heterocycles. The van der Waals surface area contributed by atoms with Crippen molar-refractivity contribution in [3.05, 3.63) is 23.2 Å². The summed E-state index contributed by atoms with van der Waals surface area (Å²) >= 11 is 5.84. The van der Waals surface area contributed by atoms with Crippen LogP contribution in [0.5, 0.6) is 0 Å². The van der Waals surface area contributed by atoms with E-state index in [0.717, 1.165) is 5.69 Å². The Balaban J connectivity index is 2.96. The molecular weight excluding hydrogens is 234 g/mol. The van der Waals surface area contributed by atoms with Gasteiger partial charge in [-0.1, -0.05) is 11.6 Å². The van der Waals surface area contributed by atoms with Gasteiger partial charge in [-0.15, -0.1) is 0 Å². The Hall–Kier alpha value is -1.03. The third-order valence-electron chi connectivity index (χ3n) is 2.20. The lowest BCUT2D eigenvalue weighted by molar-refractivity contribution is 0.131. The largest absolute Gasteiger partial charge is 0.376 e. The minimum Gasteiger partial charge on any atom is -0.376 e. The Morgan fingerprint density at radius 2 is 1.94 bits per heavy atom. The number of nitrogens with zero attached hydrogens (tertiary/aromatic N) is 1. The zero-order valence-corrected chi connectivity index (χ0v) is 10.2. The van der Waals surface area contributed by atoms with Gasteiger partial charge < -0.3 is 10.2 Å². The predicted molar refractivity (Wildman–Crippen MR) is 64.9 cm³/mol. The Morgan fingerprint density at radius 1 is 1.31 bits per heavy atom. The van der Waals surface area contributed by atoms with Crippen LogP contribution in [-0.2, 0) is 0 Å². The van der Waals surface area contributed by atoms with E-state index in [1.807, 2.05) is 19.0 Å². The number of anilines is 2. The predicted octanol–water partition coefficient (Wildman–Crippen LogP) is 3.47. The molecule has 0 aromatic heterocycles. The fraction of sp³-hybridized carbons (Fsp3) is 0.455. The lowest BCUT2D eigenvalue weighted by Gasteiger charge is -2.21. The van der Waals surface area contributed by atoms with Gasteiger partial charge in [0, 0.05) is 19.1 Å². The lowest BCUT2D eigenvalue weighted by Crippen LogP contribution is -2.25. The van der Waals surface area contributed by atoms with Gasteiger partial charge in [0.15, 0.2) is 0 Å². The highest BCUT2D eigenvalue weighted by Crippen LogP contribution is 2.28. The number of halogens is 3. The maximum Gasteiger partial charge on any atom is 0.258 e. The van der Waals surface area contributed by atoms with Crippen molar-refractivity contribution in [3.8, 4) is 0 Å². The van der Waals surface area contributed by atoms with Crippen molar-refractivity contribution >= 4 is 23.0 Å². The molecule has 0 spiro atoms. The lowest BCUT2D eigenvalue weighted by atomic mass is 10.2. The Morgan fingerprint density at radius 3 is 2.44 bits per heavy atom. The molecule has 0 aliphatic rings. The van der Waals surface area contributed by atoms with Crippen molar-refractivity contribution in [1.82, 2.24) is 0 Å². The van der Waals surface area contributed by atoms with E-state index in [4.69, 9.17) is 11.6 Å². The molecule has 90 valence electrons. The van der Waals surface area contributed by atoms with Crippen molar-refractivity contribution in [3.63, 3.8) is 0 Å². The average Bonchev–Trinajstić information content (AvgIpc) is 2.16. The number of nitrogens with one attached hydrogen (secondary N) is 1. The highest BCUT2D eigenvalue weighted by molar-refractivity contribution is 6.31. The summed E-state index contributed by atoms with van der Waals surface area (Å²) in [5.41, 5.74) is 1.45. The second-order valence-corrected chi connectivity index (χ2v) is 4.26. The molecule has 0 saturated carbocycles. The van der Waals surface area contributed by atoms with Gasteiger partial charge in [-0.3, -0.25) is 0 Å². The number of benzene rings is 1. The van der Waals surface area contributed by atoms with Crippen LogP contribution in [0.3, 0.4) is 0 Å². The summed E-state index contributed by atoms with van der Waals surface area (Å²) in [6.45, 7) is 1.44. The fourth-order valence-corrected chi connectivity index (χ4v) is 1.49. The van der Waals surface area contributed by atoms with Gasteiger partial charge in [-0.2, -0.15) is 0 Å². The molecule has 0 heterocycles. The first kappa shape index (κ1) is 13.0. The smallest absolute Gasteiger partial charge is 0.258 e. The second kappa shape index (κ2) is 5.34. The van der Waals surface area contributed by atoms with Crippen molar-refractivity contribution in [2.24, 2.45) is 0 Å². The van der Waals surface area contributed by atoms with E-state index in [1.165, 1.54) is 6.92 Å². The molecule has 1 aromatic carbocycles. The van der Waals surface area contributed by atoms with Gasteiger partial charge in [0.2, 0.25) is 0 Å². The van der Waals surface area contributed by atoms with E-state index in [0.29, 0.717) is 10.7 Å². The van der Waals surface area contributed by atoms with Crippen molar-refractivity contribution in [2.45, 2.75) is 19.4 Å². The third-order valence-corrected chi connectivity index (χ3v) is 2.44. The van der Waals surface area contributed by atoms with Crippen LogP contribution in [0.15, 0.2) is 18.2 Å². The maximum absolute atomic E-state index is 12.4. The van der Waals surface area contributed by atoms with Crippen LogP contribution in [0.2, 0.25) is 5.02 Å². The normalized spacial score (nSPS) is 12.7. The van der Waals surface area contributed by atoms with Crippen LogP contribution in [0.4, 0.5) is 20.2 Å². The highest BCUT2D eigenvalue weighted by Gasteiger charge is 2.16. The zero-order chi connectivity index (χ0) is 12.3. The highest BCUT2D eigenvalue weighted by atomic mass is 35.5. The van der Waals surface area contributed by atoms with Crippen LogP contribution >= 0.6 is 11.6 Å². The molecule has 0 fully saturated rings. The summed E-state index contributed by atoms with van der Waals surface area (Å²) in [7, 11) is 3.70. The summed E-state index contributed by atoms with van der Waals surface area (Å²) in [6.07, 6.45) is -2.41. The van der Waals surface area contributed by atoms with E-state index in [9.17, 15) is 8.78 Å². The molecule has 16 heavy (non-hydrogen) atoms. The number of alkyl halides is 2. The first-order valence-electron chi connectivity index (χ1n) is 4.93. The van der Waals surface area contributed by atoms with Gasteiger partial charge in [0.1, 0.15) is 0 Å². The summed E-state index contributed by atoms with van der Waals surface area (Å²) in [6, 6.07) is 4.27. The summed E-state index contributed by atoms with van der Waals surface area (Å²) in [5.74, 6) is 0. The number of hydrogen-bond acceptors (Lipinski definition) is 2. The Labute approximate surface area is 99.2 Å². The first-order chi connectivity index (χ1) is 7.41. The average molecular weight is 249 g/mol. The van der Waals surface area contributed by atoms with E-state index in [-0.39, 0.29) is 0 Å². The monoisotopic (exact) mass is 248 g/mol. The molecule has 1 aromatic rings. The summed E-state index contributed by atoms with van der Waals surface area (Å²) in [5, 5.41) is 3.28. The molecule has 5 heteroatoms. The summed E-state index contributed by atoms with van der Waals surface area (Å²) < 4.78 is 24.9. The Kier molecular flexibility index (Phi) is 4.35. The van der Waals surface area contributed by atoms with Crippen molar-refractivity contribution in [1.29, 1.82) is 0 Å². The molecule has 0 bridgehead atoms. The molecule has 1 N–H and O–H groups in total. The quantitative estimate of drug-likeness (QED) is 0.878. The van der Waals surface area contributed by atoms with E-state index >= 15 is 0 Å². The van der Waals surface area contributed by atoms with Crippen molar-refractivity contribution < 1.29 is 8.78 Å². The van der Waals surface area contributed by atoms with E-state index < -0.39 is 12.5 Å². The summed E-state index contributed by atoms with van der Waals surface area (Å²) in [4.78, 5) is 1.84. The SMILES string of the molecule is CC(Nc1cc(Cl)ccc1N(C)C)C(F)F. The van der Waals surface area contributed by atoms with Crippen molar-refractivity contribution in [2.75, 3.05) is 24.3 Å². The minimum atomic E-state index is -2.41. The van der Waals surface area contributed by atoms with Crippen LogP contribution < -0.4 is 10.2 Å². The topological polar surface area (TPSA) is 15.3 Å². The molecule has 1 atom stereocenters. The van der Waals surface area contributed by atoms with Crippen LogP contribution in [0, 0.1) is 0 Å². The Bertz CT molecular complexity index is 356. The molecule has 0 radical (unpaired) electrons. The second-order valence-electron chi connectivity index (χ2n) is 3.82. The molecule has 0 aliphatic heterocycles. The molecule has 0 aliphatic carbocycles. The maximum atomic E-state index is 12.4. The van der Waals surface area contributed by atoms with Crippen LogP contribution in [0.25, 0.3) is 0 Å². The minimum absolute atomic E-state index is 0.523. The molecule has 1 rings (SSSR count). The molecule has 2 nitrogen and oxygen atoms in total. The van der Waals surface area contributed by atoms with Crippen LogP contribution in [0.1, 0.15) is 6.92 Å². The van der Waals surface area contributed by atoms with E-state index in [2.05, 4.69) is 5.32 Å². The number of rotatable bonds is 4. The van der Waals surface area contributed by atoms with Gasteiger partial charge >= 0.3 is 0 Å². The zero-order valence-electron chi connectivity index (χ0n) is 9.47. The first-order valence-corrected chi connectivity index (χ1v) is 5.31. The molecular formula is C11H15ClF2N2. The van der Waals surface area contributed by atoms with Gasteiger partial charge in [0.25, 0.3) is 6.43 Å². The fourth-order valence-electron chi connectivity index (χ4n) is 1.32.